The van der Waals surface area contributed by atoms with Gasteiger partial charge in [0.05, 0.1) is 23.2 Å². The molecule has 3 aliphatic rings. The Labute approximate surface area is 185 Å². The molecule has 1 amide bonds. The van der Waals surface area contributed by atoms with Crippen molar-refractivity contribution in [2.75, 3.05) is 37.7 Å². The molecular formula is C25H34N4O2. The number of ether oxygens (including phenoxy) is 1. The number of amides is 1. The van der Waals surface area contributed by atoms with Crippen LogP contribution in [0.5, 0.6) is 0 Å². The van der Waals surface area contributed by atoms with E-state index in [1.165, 1.54) is 18.4 Å². The van der Waals surface area contributed by atoms with Crippen molar-refractivity contribution in [3.63, 3.8) is 0 Å². The molecule has 3 heterocycles. The second kappa shape index (κ2) is 8.73. The van der Waals surface area contributed by atoms with Gasteiger partial charge in [0, 0.05) is 38.2 Å². The molecule has 1 aromatic carbocycles. The Hall–Kier alpha value is -2.21. The first-order chi connectivity index (χ1) is 15.1. The van der Waals surface area contributed by atoms with Crippen LogP contribution >= 0.6 is 0 Å². The molecule has 166 valence electrons. The molecule has 1 aliphatic carbocycles. The standard InChI is InChI=1S/C25H34N4O2/c1-17-7-10-22-18(2)26-25(27-23(22)13-17)28-11-3-5-20(15-28)24(30)29(14-19-8-9-19)16-21-6-4-12-31-21/h7,10,13,19-21H,3-6,8-9,11-12,14-16H2,1-2H3. The summed E-state index contributed by atoms with van der Waals surface area (Å²) in [6, 6.07) is 6.34. The van der Waals surface area contributed by atoms with Gasteiger partial charge < -0.3 is 14.5 Å². The summed E-state index contributed by atoms with van der Waals surface area (Å²) in [5, 5.41) is 1.10. The molecule has 2 saturated heterocycles. The van der Waals surface area contributed by atoms with Crippen LogP contribution in [-0.4, -0.2) is 59.7 Å². The minimum Gasteiger partial charge on any atom is -0.376 e. The molecule has 1 saturated carbocycles. The number of aromatic nitrogens is 2. The Balaban J connectivity index is 1.32. The molecule has 0 radical (unpaired) electrons. The van der Waals surface area contributed by atoms with Crippen LogP contribution in [0.3, 0.4) is 0 Å². The van der Waals surface area contributed by atoms with Gasteiger partial charge in [-0.1, -0.05) is 12.1 Å². The third kappa shape index (κ3) is 4.69. The Kier molecular flexibility index (Phi) is 5.83. The van der Waals surface area contributed by atoms with E-state index in [0.29, 0.717) is 18.4 Å². The van der Waals surface area contributed by atoms with E-state index in [9.17, 15) is 4.79 Å². The van der Waals surface area contributed by atoms with Crippen molar-refractivity contribution in [1.29, 1.82) is 0 Å². The van der Waals surface area contributed by atoms with Crippen molar-refractivity contribution in [1.82, 2.24) is 14.9 Å². The van der Waals surface area contributed by atoms with Crippen LogP contribution in [0.25, 0.3) is 10.9 Å². The lowest BCUT2D eigenvalue weighted by atomic mass is 9.96. The summed E-state index contributed by atoms with van der Waals surface area (Å²) in [6.45, 7) is 8.27. The van der Waals surface area contributed by atoms with Crippen molar-refractivity contribution < 1.29 is 9.53 Å². The van der Waals surface area contributed by atoms with Crippen LogP contribution in [0.15, 0.2) is 18.2 Å². The number of aryl methyl sites for hydroxylation is 2. The van der Waals surface area contributed by atoms with E-state index in [1.54, 1.807) is 0 Å². The molecule has 0 bridgehead atoms. The van der Waals surface area contributed by atoms with Crippen LogP contribution < -0.4 is 4.90 Å². The van der Waals surface area contributed by atoms with Crippen molar-refractivity contribution >= 4 is 22.8 Å². The van der Waals surface area contributed by atoms with Gasteiger partial charge in [-0.2, -0.15) is 0 Å². The van der Waals surface area contributed by atoms with Crippen molar-refractivity contribution in [2.24, 2.45) is 11.8 Å². The molecule has 2 aliphatic heterocycles. The number of rotatable bonds is 6. The molecule has 2 atom stereocenters. The Bertz CT molecular complexity index is 952. The van der Waals surface area contributed by atoms with Crippen molar-refractivity contribution in [3.8, 4) is 0 Å². The number of nitrogens with zero attached hydrogens (tertiary/aromatic N) is 4. The number of anilines is 1. The predicted octanol–water partition coefficient (Wildman–Crippen LogP) is 3.88. The quantitative estimate of drug-likeness (QED) is 0.707. The Morgan fingerprint density at radius 1 is 1.13 bits per heavy atom. The van der Waals surface area contributed by atoms with E-state index in [0.717, 1.165) is 74.5 Å². The zero-order chi connectivity index (χ0) is 21.4. The van der Waals surface area contributed by atoms with Gasteiger partial charge in [-0.05, 0) is 69.9 Å². The minimum absolute atomic E-state index is 0.0195. The molecule has 6 nitrogen and oxygen atoms in total. The van der Waals surface area contributed by atoms with E-state index in [-0.39, 0.29) is 12.0 Å². The molecule has 2 unspecified atom stereocenters. The van der Waals surface area contributed by atoms with E-state index in [1.807, 2.05) is 0 Å². The SMILES string of the molecule is Cc1ccc2c(C)nc(N3CCCC(C(=O)N(CC4CC4)CC4CCCO4)C3)nc2c1. The maximum Gasteiger partial charge on any atom is 0.227 e. The average Bonchev–Trinajstić information content (AvgIpc) is 3.44. The summed E-state index contributed by atoms with van der Waals surface area (Å²) in [7, 11) is 0. The Morgan fingerprint density at radius 3 is 2.77 bits per heavy atom. The van der Waals surface area contributed by atoms with E-state index in [4.69, 9.17) is 14.7 Å². The fourth-order valence-electron chi connectivity index (χ4n) is 5.04. The maximum absolute atomic E-state index is 13.6. The first-order valence-electron chi connectivity index (χ1n) is 12.0. The van der Waals surface area contributed by atoms with Gasteiger partial charge in [0.1, 0.15) is 0 Å². The highest BCUT2D eigenvalue weighted by Crippen LogP contribution is 2.32. The number of piperidine rings is 1. The zero-order valence-corrected chi connectivity index (χ0v) is 18.8. The van der Waals surface area contributed by atoms with Gasteiger partial charge in [-0.3, -0.25) is 4.79 Å². The van der Waals surface area contributed by atoms with E-state index >= 15 is 0 Å². The number of carbonyl (C=O) groups excluding carboxylic acids is 1. The van der Waals surface area contributed by atoms with Crippen LogP contribution in [0.1, 0.15) is 49.8 Å². The fraction of sp³-hybridized carbons (Fsp3) is 0.640. The molecule has 0 N–H and O–H groups in total. The van der Waals surface area contributed by atoms with E-state index < -0.39 is 0 Å². The third-order valence-electron chi connectivity index (χ3n) is 7.02. The first-order valence-corrected chi connectivity index (χ1v) is 12.0. The maximum atomic E-state index is 13.6. The molecular weight excluding hydrogens is 388 g/mol. The monoisotopic (exact) mass is 422 g/mol. The van der Waals surface area contributed by atoms with Gasteiger partial charge in [-0.15, -0.1) is 0 Å². The van der Waals surface area contributed by atoms with Crippen LogP contribution in [0.2, 0.25) is 0 Å². The zero-order valence-electron chi connectivity index (χ0n) is 18.8. The van der Waals surface area contributed by atoms with Gasteiger partial charge in [-0.25, -0.2) is 9.97 Å². The highest BCUT2D eigenvalue weighted by molar-refractivity contribution is 5.83. The molecule has 31 heavy (non-hydrogen) atoms. The summed E-state index contributed by atoms with van der Waals surface area (Å²) in [5.41, 5.74) is 3.19. The summed E-state index contributed by atoms with van der Waals surface area (Å²) in [4.78, 5) is 27.6. The lowest BCUT2D eigenvalue weighted by Gasteiger charge is -2.36. The van der Waals surface area contributed by atoms with Crippen LogP contribution in [-0.2, 0) is 9.53 Å². The lowest BCUT2D eigenvalue weighted by molar-refractivity contribution is -0.137. The van der Waals surface area contributed by atoms with Gasteiger partial charge >= 0.3 is 0 Å². The normalized spacial score (nSPS) is 24.0. The van der Waals surface area contributed by atoms with Gasteiger partial charge in [0.15, 0.2) is 0 Å². The second-order valence-electron chi connectivity index (χ2n) is 9.74. The summed E-state index contributed by atoms with van der Waals surface area (Å²) < 4.78 is 5.85. The summed E-state index contributed by atoms with van der Waals surface area (Å²) in [5.74, 6) is 1.78. The molecule has 6 heteroatoms. The lowest BCUT2D eigenvalue weighted by Crippen LogP contribution is -2.48. The van der Waals surface area contributed by atoms with Gasteiger partial charge in [0.2, 0.25) is 11.9 Å². The number of fused-ring (bicyclic) bond motifs is 1. The molecule has 2 aromatic rings. The summed E-state index contributed by atoms with van der Waals surface area (Å²) >= 11 is 0. The topological polar surface area (TPSA) is 58.6 Å². The molecule has 0 spiro atoms. The second-order valence-corrected chi connectivity index (χ2v) is 9.74. The van der Waals surface area contributed by atoms with Crippen LogP contribution in [0, 0.1) is 25.7 Å². The van der Waals surface area contributed by atoms with Crippen molar-refractivity contribution in [3.05, 3.63) is 29.5 Å². The first kappa shape index (κ1) is 20.7. The highest BCUT2D eigenvalue weighted by atomic mass is 16.5. The number of carbonyl (C=O) groups is 1. The molecule has 1 aromatic heterocycles. The number of hydrogen-bond acceptors (Lipinski definition) is 5. The Morgan fingerprint density at radius 2 is 2.00 bits per heavy atom. The van der Waals surface area contributed by atoms with Crippen molar-refractivity contribution in [2.45, 2.75) is 58.5 Å². The highest BCUT2D eigenvalue weighted by Gasteiger charge is 2.35. The smallest absolute Gasteiger partial charge is 0.227 e. The average molecular weight is 423 g/mol. The third-order valence-corrected chi connectivity index (χ3v) is 7.02. The summed E-state index contributed by atoms with van der Waals surface area (Å²) in [6.07, 6.45) is 6.89. The predicted molar refractivity (Wildman–Crippen MR) is 122 cm³/mol. The number of hydrogen-bond donors (Lipinski definition) is 0. The van der Waals surface area contributed by atoms with Crippen LogP contribution in [0.4, 0.5) is 5.95 Å². The van der Waals surface area contributed by atoms with Gasteiger partial charge in [0.25, 0.3) is 0 Å². The number of benzene rings is 1. The molecule has 5 rings (SSSR count). The molecule has 3 fully saturated rings. The largest absolute Gasteiger partial charge is 0.376 e. The fourth-order valence-corrected chi connectivity index (χ4v) is 5.04. The van der Waals surface area contributed by atoms with E-state index in [2.05, 4.69) is 41.8 Å². The minimum atomic E-state index is 0.0195.